The Morgan fingerprint density at radius 1 is 1.04 bits per heavy atom. The minimum absolute atomic E-state index is 0.0374. The minimum Gasteiger partial charge on any atom is -0.371 e. The first kappa shape index (κ1) is 20.4. The molecule has 0 saturated carbocycles. The Hall–Kier alpha value is -2.33. The molecular formula is C24H33N3O. The topological polar surface area (TPSA) is 35.6 Å². The van der Waals surface area contributed by atoms with Gasteiger partial charge in [0.15, 0.2) is 0 Å². The summed E-state index contributed by atoms with van der Waals surface area (Å²) in [4.78, 5) is 17.5. The first-order valence-electron chi connectivity index (χ1n) is 10.4. The van der Waals surface area contributed by atoms with E-state index >= 15 is 0 Å². The van der Waals surface area contributed by atoms with E-state index in [0.717, 1.165) is 36.4 Å². The fraction of sp³-hybridized carbons (Fsp3) is 0.458. The maximum absolute atomic E-state index is 12.9. The normalized spacial score (nSPS) is 15.5. The molecule has 4 nitrogen and oxygen atoms in total. The van der Waals surface area contributed by atoms with Gasteiger partial charge in [0.05, 0.1) is 6.04 Å². The Labute approximate surface area is 169 Å². The number of benzene rings is 2. The van der Waals surface area contributed by atoms with Crippen LogP contribution in [0.25, 0.3) is 0 Å². The van der Waals surface area contributed by atoms with Gasteiger partial charge < -0.3 is 10.2 Å². The van der Waals surface area contributed by atoms with Crippen LogP contribution in [0.3, 0.4) is 0 Å². The number of hydrogen-bond donors (Lipinski definition) is 1. The van der Waals surface area contributed by atoms with Crippen LogP contribution in [0.15, 0.2) is 42.5 Å². The summed E-state index contributed by atoms with van der Waals surface area (Å²) in [7, 11) is 2.03. The molecule has 0 unspecified atom stereocenters. The number of nitrogens with zero attached hydrogens (tertiary/aromatic N) is 2. The molecule has 2 aromatic carbocycles. The third kappa shape index (κ3) is 4.74. The quantitative estimate of drug-likeness (QED) is 0.786. The molecular weight excluding hydrogens is 346 g/mol. The first-order chi connectivity index (χ1) is 13.5. The second kappa shape index (κ2) is 9.24. The third-order valence-corrected chi connectivity index (χ3v) is 5.88. The summed E-state index contributed by atoms with van der Waals surface area (Å²) >= 11 is 0. The summed E-state index contributed by atoms with van der Waals surface area (Å²) in [5, 5.41) is 3.13. The Kier molecular flexibility index (Phi) is 6.74. The molecule has 4 heteroatoms. The van der Waals surface area contributed by atoms with Gasteiger partial charge in [-0.15, -0.1) is 0 Å². The number of likely N-dealkylation sites (N-methyl/N-ethyl adjacent to an activating group) is 1. The molecule has 0 radical (unpaired) electrons. The van der Waals surface area contributed by atoms with Crippen molar-refractivity contribution in [2.45, 2.75) is 52.6 Å². The van der Waals surface area contributed by atoms with E-state index in [2.05, 4.69) is 39.4 Å². The molecule has 1 heterocycles. The molecule has 1 aliphatic heterocycles. The van der Waals surface area contributed by atoms with Crippen LogP contribution in [0.1, 0.15) is 42.9 Å². The summed E-state index contributed by atoms with van der Waals surface area (Å²) in [6.07, 6.45) is 3.85. The summed E-state index contributed by atoms with van der Waals surface area (Å²) < 4.78 is 0. The number of aryl methyl sites for hydroxylation is 2. The number of carbonyl (C=O) groups excluding carboxylic acids is 1. The van der Waals surface area contributed by atoms with Crippen LogP contribution in [0.2, 0.25) is 0 Å². The maximum atomic E-state index is 12.9. The van der Waals surface area contributed by atoms with Crippen molar-refractivity contribution >= 4 is 17.3 Å². The molecule has 150 valence electrons. The van der Waals surface area contributed by atoms with Gasteiger partial charge in [-0.05, 0) is 69.8 Å². The molecule has 1 fully saturated rings. The van der Waals surface area contributed by atoms with Gasteiger partial charge in [-0.25, -0.2) is 0 Å². The number of carbonyl (C=O) groups is 1. The zero-order valence-corrected chi connectivity index (χ0v) is 17.7. The Balaban J connectivity index is 1.69. The lowest BCUT2D eigenvalue weighted by atomic mass is 10.1. The van der Waals surface area contributed by atoms with E-state index in [4.69, 9.17) is 0 Å². The van der Waals surface area contributed by atoms with Crippen LogP contribution < -0.4 is 10.2 Å². The summed E-state index contributed by atoms with van der Waals surface area (Å²) in [5.74, 6) is 0.0374. The molecule has 0 aliphatic carbocycles. The fourth-order valence-corrected chi connectivity index (χ4v) is 3.93. The average molecular weight is 380 g/mol. The minimum atomic E-state index is -0.214. The Bertz CT molecular complexity index is 791. The summed E-state index contributed by atoms with van der Waals surface area (Å²) in [5.41, 5.74) is 5.73. The smallest absolute Gasteiger partial charge is 0.241 e. The van der Waals surface area contributed by atoms with Gasteiger partial charge in [-0.2, -0.15) is 0 Å². The highest BCUT2D eigenvalue weighted by molar-refractivity contribution is 5.95. The van der Waals surface area contributed by atoms with Crippen molar-refractivity contribution < 1.29 is 4.79 Å². The van der Waals surface area contributed by atoms with E-state index in [9.17, 15) is 4.79 Å². The van der Waals surface area contributed by atoms with Crippen molar-refractivity contribution in [3.63, 3.8) is 0 Å². The lowest BCUT2D eigenvalue weighted by molar-refractivity contribution is -0.120. The highest BCUT2D eigenvalue weighted by Crippen LogP contribution is 2.26. The molecule has 1 saturated heterocycles. The molecule has 3 rings (SSSR count). The number of para-hydroxylation sites is 2. The van der Waals surface area contributed by atoms with E-state index in [1.54, 1.807) is 0 Å². The molecule has 1 N–H and O–H groups in total. The first-order valence-corrected chi connectivity index (χ1v) is 10.4. The number of amides is 1. The van der Waals surface area contributed by atoms with Crippen LogP contribution in [0, 0.1) is 13.8 Å². The third-order valence-electron chi connectivity index (χ3n) is 5.88. The fourth-order valence-electron chi connectivity index (χ4n) is 3.93. The molecule has 0 aromatic heterocycles. The average Bonchev–Trinajstić information content (AvgIpc) is 2.71. The predicted octanol–water partition coefficient (Wildman–Crippen LogP) is 4.75. The molecule has 1 aliphatic rings. The molecule has 0 spiro atoms. The number of rotatable bonds is 6. The van der Waals surface area contributed by atoms with Gasteiger partial charge in [-0.3, -0.25) is 9.69 Å². The van der Waals surface area contributed by atoms with Crippen molar-refractivity contribution in [2.24, 2.45) is 0 Å². The van der Waals surface area contributed by atoms with Crippen molar-refractivity contribution in [1.29, 1.82) is 0 Å². The van der Waals surface area contributed by atoms with Crippen LogP contribution >= 0.6 is 0 Å². The number of hydrogen-bond acceptors (Lipinski definition) is 3. The second-order valence-electron chi connectivity index (χ2n) is 8.02. The van der Waals surface area contributed by atoms with Gasteiger partial charge in [0.25, 0.3) is 0 Å². The van der Waals surface area contributed by atoms with E-state index in [0.29, 0.717) is 0 Å². The van der Waals surface area contributed by atoms with Crippen LogP contribution in [-0.2, 0) is 11.3 Å². The van der Waals surface area contributed by atoms with Crippen LogP contribution in [-0.4, -0.2) is 37.0 Å². The van der Waals surface area contributed by atoms with Crippen molar-refractivity contribution in [3.05, 3.63) is 59.2 Å². The zero-order valence-electron chi connectivity index (χ0n) is 17.7. The lowest BCUT2D eigenvalue weighted by Gasteiger charge is -2.32. The molecule has 1 atom stereocenters. The van der Waals surface area contributed by atoms with E-state index < -0.39 is 0 Å². The van der Waals surface area contributed by atoms with E-state index in [1.807, 2.05) is 46.0 Å². The van der Waals surface area contributed by atoms with Gasteiger partial charge in [0, 0.05) is 31.0 Å². The van der Waals surface area contributed by atoms with Crippen LogP contribution in [0.5, 0.6) is 0 Å². The summed E-state index contributed by atoms with van der Waals surface area (Å²) in [6.45, 7) is 9.06. The van der Waals surface area contributed by atoms with Gasteiger partial charge in [0.2, 0.25) is 5.91 Å². The maximum Gasteiger partial charge on any atom is 0.241 e. The Morgan fingerprint density at radius 2 is 1.68 bits per heavy atom. The van der Waals surface area contributed by atoms with E-state index in [-0.39, 0.29) is 11.9 Å². The zero-order chi connectivity index (χ0) is 20.1. The molecule has 2 aromatic rings. The highest BCUT2D eigenvalue weighted by atomic mass is 16.2. The monoisotopic (exact) mass is 379 g/mol. The SMILES string of the molecule is Cc1cccc(C)c1NC(=O)[C@@H](C)N(C)Cc1ccccc1N1CCCCC1. The standard InChI is InChI=1S/C24H33N3O/c1-18-11-10-12-19(2)23(18)25-24(28)20(3)26(4)17-21-13-6-7-14-22(21)27-15-8-5-9-16-27/h6-7,10-14,20H,5,8-9,15-17H2,1-4H3,(H,25,28)/t20-/m1/s1. The van der Waals surface area contributed by atoms with Gasteiger partial charge in [0.1, 0.15) is 0 Å². The number of nitrogens with one attached hydrogen (secondary N) is 1. The number of anilines is 2. The second-order valence-corrected chi connectivity index (χ2v) is 8.02. The lowest BCUT2D eigenvalue weighted by Crippen LogP contribution is -2.40. The van der Waals surface area contributed by atoms with Crippen molar-refractivity contribution in [3.8, 4) is 0 Å². The summed E-state index contributed by atoms with van der Waals surface area (Å²) in [6, 6.07) is 14.5. The molecule has 1 amide bonds. The Morgan fingerprint density at radius 3 is 2.36 bits per heavy atom. The van der Waals surface area contributed by atoms with E-state index in [1.165, 1.54) is 30.5 Å². The number of piperidine rings is 1. The van der Waals surface area contributed by atoms with Gasteiger partial charge in [-0.1, -0.05) is 36.4 Å². The van der Waals surface area contributed by atoms with Crippen molar-refractivity contribution in [1.82, 2.24) is 4.90 Å². The van der Waals surface area contributed by atoms with Gasteiger partial charge >= 0.3 is 0 Å². The van der Waals surface area contributed by atoms with Crippen LogP contribution in [0.4, 0.5) is 11.4 Å². The highest BCUT2D eigenvalue weighted by Gasteiger charge is 2.21. The molecule has 0 bridgehead atoms. The van der Waals surface area contributed by atoms with Crippen molar-refractivity contribution in [2.75, 3.05) is 30.4 Å². The predicted molar refractivity (Wildman–Crippen MR) is 118 cm³/mol. The largest absolute Gasteiger partial charge is 0.371 e. The molecule has 28 heavy (non-hydrogen) atoms.